The van der Waals surface area contributed by atoms with Crippen LogP contribution in [0.15, 0.2) is 113 Å². The molecule has 1 aliphatic heterocycles. The summed E-state index contributed by atoms with van der Waals surface area (Å²) in [5.74, 6) is 0.743. The highest BCUT2D eigenvalue weighted by molar-refractivity contribution is 7.99. The third-order valence-corrected chi connectivity index (χ3v) is 9.07. The quantitative estimate of drug-likeness (QED) is 0.243. The van der Waals surface area contributed by atoms with E-state index in [-0.39, 0.29) is 29.6 Å². The minimum atomic E-state index is -3.69. The van der Waals surface area contributed by atoms with Crippen LogP contribution in [-0.4, -0.2) is 30.4 Å². The molecule has 0 aliphatic carbocycles. The third-order valence-electron chi connectivity index (χ3n) is 6.65. The van der Waals surface area contributed by atoms with Gasteiger partial charge in [-0.25, -0.2) is 13.4 Å². The first-order valence-electron chi connectivity index (χ1n) is 12.7. The minimum Gasteiger partial charge on any atom is -0.392 e. The Morgan fingerprint density at radius 2 is 1.56 bits per heavy atom. The Morgan fingerprint density at radius 1 is 0.872 bits per heavy atom. The number of ether oxygens (including phenoxy) is 2. The number of aromatic nitrogens is 1. The van der Waals surface area contributed by atoms with Crippen molar-refractivity contribution in [2.24, 2.45) is 5.92 Å². The molecule has 1 aliphatic rings. The van der Waals surface area contributed by atoms with Gasteiger partial charge in [0.05, 0.1) is 28.7 Å². The molecule has 0 bridgehead atoms. The maximum Gasteiger partial charge on any atom is 0.261 e. The summed E-state index contributed by atoms with van der Waals surface area (Å²) in [5, 5.41) is 10.4. The summed E-state index contributed by atoms with van der Waals surface area (Å²) in [5.41, 5.74) is 3.08. The molecule has 0 radical (unpaired) electrons. The largest absolute Gasteiger partial charge is 0.392 e. The van der Waals surface area contributed by atoms with Crippen LogP contribution in [0.1, 0.15) is 36.0 Å². The van der Waals surface area contributed by atoms with Gasteiger partial charge in [0.25, 0.3) is 10.0 Å². The maximum atomic E-state index is 12.7. The molecule has 1 saturated heterocycles. The zero-order valence-electron chi connectivity index (χ0n) is 21.4. The fraction of sp³-hybridized carbons (Fsp3) is 0.233. The van der Waals surface area contributed by atoms with Crippen LogP contribution in [0.5, 0.6) is 0 Å². The molecule has 2 heterocycles. The van der Waals surface area contributed by atoms with E-state index in [9.17, 15) is 13.5 Å². The Bertz CT molecular complexity index is 1450. The second-order valence-corrected chi connectivity index (χ2v) is 12.1. The summed E-state index contributed by atoms with van der Waals surface area (Å²) in [7, 11) is -3.69. The van der Waals surface area contributed by atoms with Gasteiger partial charge in [-0.1, -0.05) is 67.6 Å². The highest BCUT2D eigenvalue weighted by atomic mass is 32.2. The van der Waals surface area contributed by atoms with Crippen LogP contribution in [0.25, 0.3) is 0 Å². The van der Waals surface area contributed by atoms with Gasteiger partial charge in [0, 0.05) is 29.1 Å². The molecule has 0 saturated carbocycles. The van der Waals surface area contributed by atoms with Crippen LogP contribution in [-0.2, 0) is 26.1 Å². The van der Waals surface area contributed by atoms with Crippen LogP contribution in [0.3, 0.4) is 0 Å². The monoisotopic (exact) mass is 562 g/mol. The molecule has 1 aromatic heterocycles. The molecule has 202 valence electrons. The number of thioether (sulfide) groups is 1. The fourth-order valence-electron chi connectivity index (χ4n) is 4.43. The van der Waals surface area contributed by atoms with Crippen LogP contribution in [0.4, 0.5) is 5.69 Å². The first kappa shape index (κ1) is 27.4. The molecule has 7 nitrogen and oxygen atoms in total. The second kappa shape index (κ2) is 12.3. The molecule has 1 fully saturated rings. The molecule has 0 amide bonds. The van der Waals surface area contributed by atoms with E-state index in [1.165, 1.54) is 0 Å². The summed E-state index contributed by atoms with van der Waals surface area (Å²) in [6, 6.07) is 28.9. The lowest BCUT2D eigenvalue weighted by atomic mass is 9.91. The Morgan fingerprint density at radius 3 is 2.23 bits per heavy atom. The number of aliphatic hydroxyl groups is 1. The molecule has 4 atom stereocenters. The SMILES string of the molecule is C[C@H]1[C@@H](CSc2ccccn2)O[C@@H](c2ccc(NS(=O)(=O)c3ccccc3)cc2)O[C@H]1c1ccc(CO)cc1. The van der Waals surface area contributed by atoms with Gasteiger partial charge in [-0.2, -0.15) is 0 Å². The zero-order chi connectivity index (χ0) is 27.2. The van der Waals surface area contributed by atoms with E-state index >= 15 is 0 Å². The van der Waals surface area contributed by atoms with Crippen molar-refractivity contribution in [3.63, 3.8) is 0 Å². The highest BCUT2D eigenvalue weighted by Gasteiger charge is 2.38. The summed E-state index contributed by atoms with van der Waals surface area (Å²) >= 11 is 1.64. The van der Waals surface area contributed by atoms with E-state index in [1.54, 1.807) is 60.4 Å². The van der Waals surface area contributed by atoms with Gasteiger partial charge >= 0.3 is 0 Å². The van der Waals surface area contributed by atoms with Gasteiger partial charge in [0.2, 0.25) is 0 Å². The number of sulfonamides is 1. The number of anilines is 1. The molecule has 9 heteroatoms. The third kappa shape index (κ3) is 6.69. The first-order chi connectivity index (χ1) is 18.9. The van der Waals surface area contributed by atoms with Crippen molar-refractivity contribution < 1.29 is 23.0 Å². The van der Waals surface area contributed by atoms with Gasteiger partial charge in [-0.3, -0.25) is 4.72 Å². The topological polar surface area (TPSA) is 97.8 Å². The average Bonchev–Trinajstić information content (AvgIpc) is 2.98. The molecule has 4 aromatic rings. The number of rotatable bonds is 9. The number of pyridine rings is 1. The van der Waals surface area contributed by atoms with Gasteiger partial charge in [-0.15, -0.1) is 11.8 Å². The summed E-state index contributed by atoms with van der Waals surface area (Å²) < 4.78 is 41.0. The van der Waals surface area contributed by atoms with Crippen molar-refractivity contribution >= 4 is 27.5 Å². The van der Waals surface area contributed by atoms with E-state index in [4.69, 9.17) is 9.47 Å². The van der Waals surface area contributed by atoms with Crippen molar-refractivity contribution in [3.05, 3.63) is 120 Å². The lowest BCUT2D eigenvalue weighted by Crippen LogP contribution is -2.38. The highest BCUT2D eigenvalue weighted by Crippen LogP contribution is 2.43. The Hall–Kier alpha value is -3.21. The Labute approximate surface area is 233 Å². The molecule has 0 spiro atoms. The first-order valence-corrected chi connectivity index (χ1v) is 15.1. The smallest absolute Gasteiger partial charge is 0.261 e. The van der Waals surface area contributed by atoms with Crippen molar-refractivity contribution in [2.75, 3.05) is 10.5 Å². The van der Waals surface area contributed by atoms with Crippen molar-refractivity contribution in [2.45, 2.75) is 42.0 Å². The van der Waals surface area contributed by atoms with Gasteiger partial charge in [0.15, 0.2) is 6.29 Å². The molecular formula is C30H30N2O5S2. The zero-order valence-corrected chi connectivity index (χ0v) is 23.0. The molecular weight excluding hydrogens is 532 g/mol. The maximum absolute atomic E-state index is 12.7. The fourth-order valence-corrected chi connectivity index (χ4v) is 6.54. The van der Waals surface area contributed by atoms with E-state index in [0.29, 0.717) is 11.4 Å². The number of hydrogen-bond acceptors (Lipinski definition) is 7. The van der Waals surface area contributed by atoms with E-state index in [0.717, 1.165) is 21.7 Å². The van der Waals surface area contributed by atoms with Crippen LogP contribution in [0.2, 0.25) is 0 Å². The van der Waals surface area contributed by atoms with Crippen LogP contribution in [0, 0.1) is 5.92 Å². The van der Waals surface area contributed by atoms with Gasteiger partial charge < -0.3 is 14.6 Å². The number of benzene rings is 3. The van der Waals surface area contributed by atoms with E-state index < -0.39 is 16.3 Å². The minimum absolute atomic E-state index is 0.0171. The average molecular weight is 563 g/mol. The normalized spacial score (nSPS) is 21.4. The number of nitrogens with one attached hydrogen (secondary N) is 1. The van der Waals surface area contributed by atoms with Crippen molar-refractivity contribution in [1.29, 1.82) is 0 Å². The summed E-state index contributed by atoms with van der Waals surface area (Å²) in [6.07, 6.45) is 0.771. The second-order valence-electron chi connectivity index (χ2n) is 9.34. The standard InChI is InChI=1S/C30H30N2O5S2/c1-21-27(20-38-28-9-5-6-18-31-28)36-30(37-29(21)23-12-10-22(19-33)11-13-23)24-14-16-25(17-15-24)32-39(34,35)26-7-3-2-4-8-26/h2-18,21,27,29-30,32-33H,19-20H2,1H3/t21-,27+,29+,30+/m0/s1. The van der Waals surface area contributed by atoms with Gasteiger partial charge in [0.1, 0.15) is 0 Å². The van der Waals surface area contributed by atoms with Crippen LogP contribution >= 0.6 is 11.8 Å². The summed E-state index contributed by atoms with van der Waals surface area (Å²) in [6.45, 7) is 2.10. The number of aliphatic hydroxyl groups excluding tert-OH is 1. The predicted molar refractivity (Wildman–Crippen MR) is 152 cm³/mol. The number of hydrogen-bond donors (Lipinski definition) is 2. The molecule has 2 N–H and O–H groups in total. The predicted octanol–water partition coefficient (Wildman–Crippen LogP) is 5.96. The molecule has 3 aromatic carbocycles. The Kier molecular flexibility index (Phi) is 8.64. The van der Waals surface area contributed by atoms with Crippen molar-refractivity contribution in [1.82, 2.24) is 4.98 Å². The van der Waals surface area contributed by atoms with E-state index in [1.807, 2.05) is 54.6 Å². The molecule has 39 heavy (non-hydrogen) atoms. The molecule has 0 unspecified atom stereocenters. The Balaban J connectivity index is 1.36. The summed E-state index contributed by atoms with van der Waals surface area (Å²) in [4.78, 5) is 4.62. The number of nitrogens with zero attached hydrogens (tertiary/aromatic N) is 1. The van der Waals surface area contributed by atoms with E-state index in [2.05, 4.69) is 16.6 Å². The lowest BCUT2D eigenvalue weighted by Gasteiger charge is -2.41. The lowest BCUT2D eigenvalue weighted by molar-refractivity contribution is -0.268. The van der Waals surface area contributed by atoms with Gasteiger partial charge in [-0.05, 0) is 47.5 Å². The van der Waals surface area contributed by atoms with Crippen LogP contribution < -0.4 is 4.72 Å². The van der Waals surface area contributed by atoms with Crippen molar-refractivity contribution in [3.8, 4) is 0 Å². The molecule has 5 rings (SSSR count).